The van der Waals surface area contributed by atoms with Crippen LogP contribution >= 0.6 is 0 Å². The summed E-state index contributed by atoms with van der Waals surface area (Å²) in [7, 11) is -3.46. The van der Waals surface area contributed by atoms with Crippen molar-refractivity contribution in [3.63, 3.8) is 0 Å². The van der Waals surface area contributed by atoms with Crippen molar-refractivity contribution < 1.29 is 13.2 Å². The van der Waals surface area contributed by atoms with E-state index in [-0.39, 0.29) is 10.9 Å². The van der Waals surface area contributed by atoms with Crippen LogP contribution in [0, 0.1) is 0 Å². The van der Waals surface area contributed by atoms with Crippen molar-refractivity contribution in [2.24, 2.45) is 0 Å². The second-order valence-electron chi connectivity index (χ2n) is 5.34. The summed E-state index contributed by atoms with van der Waals surface area (Å²) >= 11 is 0. The molecule has 1 aromatic carbocycles. The zero-order chi connectivity index (χ0) is 15.1. The van der Waals surface area contributed by atoms with Gasteiger partial charge in [-0.25, -0.2) is 13.1 Å². The molecule has 21 heavy (non-hydrogen) atoms. The van der Waals surface area contributed by atoms with Gasteiger partial charge >= 0.3 is 0 Å². The molecule has 1 heterocycles. The Bertz CT molecular complexity index is 520. The van der Waals surface area contributed by atoms with Gasteiger partial charge in [-0.15, -0.1) is 0 Å². The van der Waals surface area contributed by atoms with E-state index in [9.17, 15) is 8.42 Å². The highest BCUT2D eigenvalue weighted by Gasteiger charge is 2.20. The molecule has 0 amide bonds. The van der Waals surface area contributed by atoms with Gasteiger partial charge in [0.15, 0.2) is 0 Å². The van der Waals surface area contributed by atoms with Gasteiger partial charge < -0.3 is 10.1 Å². The highest BCUT2D eigenvalue weighted by molar-refractivity contribution is 7.89. The van der Waals surface area contributed by atoms with Gasteiger partial charge in [-0.3, -0.25) is 0 Å². The monoisotopic (exact) mass is 312 g/mol. The Labute approximate surface area is 127 Å². The summed E-state index contributed by atoms with van der Waals surface area (Å²) in [5.74, 6) is 0.701. The first kappa shape index (κ1) is 16.3. The third kappa shape index (κ3) is 4.98. The van der Waals surface area contributed by atoms with Gasteiger partial charge in [-0.05, 0) is 50.1 Å². The fraction of sp³-hybridized carbons (Fsp3) is 0.600. The third-order valence-electron chi connectivity index (χ3n) is 3.48. The van der Waals surface area contributed by atoms with Gasteiger partial charge in [0, 0.05) is 12.6 Å². The van der Waals surface area contributed by atoms with Crippen LogP contribution in [0.5, 0.6) is 5.75 Å². The predicted molar refractivity (Wildman–Crippen MR) is 83.1 cm³/mol. The molecule has 0 aliphatic carbocycles. The Hall–Kier alpha value is -1.11. The number of benzene rings is 1. The molecule has 0 aromatic heterocycles. The molecule has 1 unspecified atom stereocenters. The average Bonchev–Trinajstić information content (AvgIpc) is 2.73. The molecular weight excluding hydrogens is 288 g/mol. The number of sulfonamides is 1. The summed E-state index contributed by atoms with van der Waals surface area (Å²) in [5.41, 5.74) is 0. The van der Waals surface area contributed by atoms with Gasteiger partial charge in [0.2, 0.25) is 10.0 Å². The number of ether oxygens (including phenoxy) is 1. The van der Waals surface area contributed by atoms with E-state index in [1.165, 1.54) is 0 Å². The molecule has 2 rings (SSSR count). The minimum Gasteiger partial charge on any atom is -0.494 e. The first-order valence-corrected chi connectivity index (χ1v) is 9.06. The van der Waals surface area contributed by atoms with Crippen LogP contribution in [0.25, 0.3) is 0 Å². The molecule has 118 valence electrons. The van der Waals surface area contributed by atoms with Gasteiger partial charge in [-0.2, -0.15) is 0 Å². The Morgan fingerprint density at radius 2 is 2.05 bits per heavy atom. The average molecular weight is 312 g/mol. The van der Waals surface area contributed by atoms with E-state index in [2.05, 4.69) is 10.0 Å². The second-order valence-corrected chi connectivity index (χ2v) is 7.05. The van der Waals surface area contributed by atoms with Crippen molar-refractivity contribution in [1.29, 1.82) is 0 Å². The lowest BCUT2D eigenvalue weighted by atomic mass is 10.2. The van der Waals surface area contributed by atoms with Crippen LogP contribution in [0.15, 0.2) is 29.2 Å². The van der Waals surface area contributed by atoms with Gasteiger partial charge in [0.05, 0.1) is 11.5 Å². The lowest BCUT2D eigenvalue weighted by Crippen LogP contribution is -2.40. The molecular formula is C15H24N2O3S. The van der Waals surface area contributed by atoms with E-state index in [0.717, 1.165) is 32.2 Å². The zero-order valence-electron chi connectivity index (χ0n) is 12.5. The van der Waals surface area contributed by atoms with Crippen molar-refractivity contribution in [2.45, 2.75) is 43.5 Å². The number of hydrogen-bond acceptors (Lipinski definition) is 4. The van der Waals surface area contributed by atoms with Crippen LogP contribution in [-0.2, 0) is 10.0 Å². The quantitative estimate of drug-likeness (QED) is 0.842. The molecule has 0 bridgehead atoms. The summed E-state index contributed by atoms with van der Waals surface area (Å²) in [6.07, 6.45) is 3.95. The molecule has 1 atom stereocenters. The summed E-state index contributed by atoms with van der Waals surface area (Å²) in [5, 5.41) is 3.26. The summed E-state index contributed by atoms with van der Waals surface area (Å²) < 4.78 is 33.0. The summed E-state index contributed by atoms with van der Waals surface area (Å²) in [4.78, 5) is 0.288. The normalized spacial score (nSPS) is 20.0. The summed E-state index contributed by atoms with van der Waals surface area (Å²) in [6, 6.07) is 6.56. The number of rotatable bonds is 6. The van der Waals surface area contributed by atoms with Crippen molar-refractivity contribution in [3.05, 3.63) is 24.3 Å². The predicted octanol–water partition coefficient (Wildman–Crippen LogP) is 1.90. The number of nitrogens with one attached hydrogen (secondary N) is 2. The van der Waals surface area contributed by atoms with E-state index in [1.807, 2.05) is 6.92 Å². The first-order chi connectivity index (χ1) is 10.1. The van der Waals surface area contributed by atoms with Crippen molar-refractivity contribution in [2.75, 3.05) is 19.7 Å². The smallest absolute Gasteiger partial charge is 0.240 e. The maximum absolute atomic E-state index is 12.4. The standard InChI is InChI=1S/C15H24N2O3S/c1-2-11-20-14-6-8-15(9-7-14)21(18,19)17-13-5-3-4-10-16-12-13/h6-9,13,16-17H,2-5,10-12H2,1H3. The number of hydrogen-bond donors (Lipinski definition) is 2. The second kappa shape index (κ2) is 7.77. The molecule has 1 saturated heterocycles. The van der Waals surface area contributed by atoms with Crippen LogP contribution in [0.2, 0.25) is 0 Å². The Balaban J connectivity index is 2.01. The van der Waals surface area contributed by atoms with E-state index in [0.29, 0.717) is 18.9 Å². The topological polar surface area (TPSA) is 67.4 Å². The molecule has 1 aromatic rings. The van der Waals surface area contributed by atoms with Crippen LogP contribution in [0.3, 0.4) is 0 Å². The molecule has 6 heteroatoms. The molecule has 1 aliphatic rings. The van der Waals surface area contributed by atoms with E-state index >= 15 is 0 Å². The molecule has 2 N–H and O–H groups in total. The Morgan fingerprint density at radius 3 is 2.76 bits per heavy atom. The third-order valence-corrected chi connectivity index (χ3v) is 5.01. The minimum atomic E-state index is -3.46. The fourth-order valence-electron chi connectivity index (χ4n) is 2.34. The first-order valence-electron chi connectivity index (χ1n) is 7.58. The largest absolute Gasteiger partial charge is 0.494 e. The van der Waals surface area contributed by atoms with Gasteiger partial charge in [-0.1, -0.05) is 13.3 Å². The van der Waals surface area contributed by atoms with Crippen LogP contribution < -0.4 is 14.8 Å². The fourth-order valence-corrected chi connectivity index (χ4v) is 3.61. The lowest BCUT2D eigenvalue weighted by molar-refractivity contribution is 0.317. The molecule has 1 aliphatic heterocycles. The van der Waals surface area contributed by atoms with Crippen molar-refractivity contribution >= 4 is 10.0 Å². The van der Waals surface area contributed by atoms with Gasteiger partial charge in [0.25, 0.3) is 0 Å². The molecule has 0 saturated carbocycles. The lowest BCUT2D eigenvalue weighted by Gasteiger charge is -2.16. The summed E-state index contributed by atoms with van der Waals surface area (Å²) in [6.45, 7) is 4.32. The van der Waals surface area contributed by atoms with E-state index in [4.69, 9.17) is 4.74 Å². The maximum Gasteiger partial charge on any atom is 0.240 e. The maximum atomic E-state index is 12.4. The highest BCUT2D eigenvalue weighted by atomic mass is 32.2. The molecule has 1 fully saturated rings. The van der Waals surface area contributed by atoms with Crippen LogP contribution in [0.1, 0.15) is 32.6 Å². The Morgan fingerprint density at radius 1 is 1.29 bits per heavy atom. The van der Waals surface area contributed by atoms with E-state index in [1.54, 1.807) is 24.3 Å². The zero-order valence-corrected chi connectivity index (χ0v) is 13.3. The van der Waals surface area contributed by atoms with Crippen LogP contribution in [0.4, 0.5) is 0 Å². The molecule has 5 nitrogen and oxygen atoms in total. The van der Waals surface area contributed by atoms with E-state index < -0.39 is 10.0 Å². The van der Waals surface area contributed by atoms with Crippen molar-refractivity contribution in [1.82, 2.24) is 10.0 Å². The highest BCUT2D eigenvalue weighted by Crippen LogP contribution is 2.17. The SMILES string of the molecule is CCCOc1ccc(S(=O)(=O)NC2CCCCNC2)cc1. The van der Waals surface area contributed by atoms with Gasteiger partial charge in [0.1, 0.15) is 5.75 Å². The molecule has 0 spiro atoms. The minimum absolute atomic E-state index is 0.0338. The van der Waals surface area contributed by atoms with Crippen molar-refractivity contribution in [3.8, 4) is 5.75 Å². The van der Waals surface area contributed by atoms with Crippen LogP contribution in [-0.4, -0.2) is 34.2 Å². The molecule has 0 radical (unpaired) electrons. The Kier molecular flexibility index (Phi) is 6.02.